The summed E-state index contributed by atoms with van der Waals surface area (Å²) < 4.78 is 24.7. The summed E-state index contributed by atoms with van der Waals surface area (Å²) in [7, 11) is -1.01. The van der Waals surface area contributed by atoms with Crippen molar-refractivity contribution in [2.24, 2.45) is 0 Å². The second-order valence-corrected chi connectivity index (χ2v) is 8.69. The van der Waals surface area contributed by atoms with Crippen LogP contribution in [0.1, 0.15) is 39.3 Å². The first-order valence-electron chi connectivity index (χ1n) is 6.99. The summed E-state index contributed by atoms with van der Waals surface area (Å²) in [6, 6.07) is 3.64. The molecule has 0 aromatic heterocycles. The summed E-state index contributed by atoms with van der Waals surface area (Å²) in [4.78, 5) is 11.8. The van der Waals surface area contributed by atoms with Gasteiger partial charge in [-0.05, 0) is 45.4 Å². The van der Waals surface area contributed by atoms with Crippen LogP contribution in [0.3, 0.4) is 0 Å². The molecule has 0 saturated carbocycles. The van der Waals surface area contributed by atoms with Crippen LogP contribution in [0.5, 0.6) is 0 Å². The van der Waals surface area contributed by atoms with Gasteiger partial charge < -0.3 is 10.6 Å². The Kier molecular flexibility index (Phi) is 6.81. The molecule has 2 atom stereocenters. The van der Waals surface area contributed by atoms with Gasteiger partial charge in [0, 0.05) is 27.8 Å². The van der Waals surface area contributed by atoms with Gasteiger partial charge in [-0.2, -0.15) is 0 Å². The van der Waals surface area contributed by atoms with Crippen molar-refractivity contribution in [2.75, 3.05) is 12.3 Å². The number of amides is 2. The summed E-state index contributed by atoms with van der Waals surface area (Å²) in [5.74, 6) is -0.0973. The number of hydrogen-bond donors (Lipinski definition) is 2. The first kappa shape index (κ1) is 18.9. The Balaban J connectivity index is 2.44. The predicted octanol–water partition coefficient (Wildman–Crippen LogP) is 3.39. The summed E-state index contributed by atoms with van der Waals surface area (Å²) in [6.45, 7) is 7.78. The van der Waals surface area contributed by atoms with Crippen LogP contribution in [0.2, 0.25) is 5.02 Å². The van der Waals surface area contributed by atoms with Crippen LogP contribution in [-0.2, 0) is 10.8 Å². The molecule has 0 fully saturated rings. The molecule has 2 amide bonds. The van der Waals surface area contributed by atoms with Crippen molar-refractivity contribution >= 4 is 28.4 Å². The van der Waals surface area contributed by atoms with E-state index in [1.54, 1.807) is 13.0 Å². The van der Waals surface area contributed by atoms with E-state index in [-0.39, 0.29) is 21.8 Å². The fourth-order valence-electron chi connectivity index (χ4n) is 1.68. The maximum atomic E-state index is 13.1. The molecule has 0 aliphatic rings. The number of carbonyl (C=O) groups excluding carboxylic acids is 1. The van der Waals surface area contributed by atoms with Crippen molar-refractivity contribution in [1.82, 2.24) is 10.6 Å². The molecular weight excluding hydrogens is 327 g/mol. The lowest BCUT2D eigenvalue weighted by Gasteiger charge is -2.18. The summed E-state index contributed by atoms with van der Waals surface area (Å²) in [5.41, 5.74) is 0.708. The van der Waals surface area contributed by atoms with Crippen molar-refractivity contribution in [1.29, 1.82) is 0 Å². The predicted molar refractivity (Wildman–Crippen MR) is 89.1 cm³/mol. The minimum absolute atomic E-state index is 0.0205. The largest absolute Gasteiger partial charge is 0.337 e. The van der Waals surface area contributed by atoms with E-state index in [1.165, 1.54) is 12.1 Å². The summed E-state index contributed by atoms with van der Waals surface area (Å²) >= 11 is 5.72. The zero-order chi connectivity index (χ0) is 16.9. The SMILES string of the molecule is C[C@H](NC(=O)NCC[S@](=O)C(C)(C)C)c1ccc(F)c(Cl)c1. The monoisotopic (exact) mass is 348 g/mol. The number of hydrogen-bond acceptors (Lipinski definition) is 2. The highest BCUT2D eigenvalue weighted by Crippen LogP contribution is 2.20. The highest BCUT2D eigenvalue weighted by molar-refractivity contribution is 7.86. The van der Waals surface area contributed by atoms with Gasteiger partial charge in [0.15, 0.2) is 0 Å². The van der Waals surface area contributed by atoms with Gasteiger partial charge in [0.1, 0.15) is 5.82 Å². The standard InChI is InChI=1S/C15H22ClFN2O2S/c1-10(11-5-6-13(17)12(16)9-11)19-14(20)18-7-8-22(21)15(2,3)4/h5-6,9-10H,7-8H2,1-4H3,(H2,18,19,20)/t10-,22-/m0/s1. The van der Waals surface area contributed by atoms with Crippen LogP contribution in [0.25, 0.3) is 0 Å². The van der Waals surface area contributed by atoms with E-state index in [1.807, 2.05) is 20.8 Å². The fourth-order valence-corrected chi connectivity index (χ4v) is 2.76. The van der Waals surface area contributed by atoms with E-state index < -0.39 is 16.6 Å². The van der Waals surface area contributed by atoms with E-state index in [0.29, 0.717) is 17.9 Å². The average molecular weight is 349 g/mol. The maximum absolute atomic E-state index is 13.1. The lowest BCUT2D eigenvalue weighted by atomic mass is 10.1. The Morgan fingerprint density at radius 2 is 2.05 bits per heavy atom. The first-order chi connectivity index (χ1) is 10.1. The molecule has 1 aromatic rings. The van der Waals surface area contributed by atoms with E-state index in [2.05, 4.69) is 10.6 Å². The highest BCUT2D eigenvalue weighted by atomic mass is 35.5. The molecule has 0 spiro atoms. The number of carbonyl (C=O) groups is 1. The molecule has 4 nitrogen and oxygen atoms in total. The summed E-state index contributed by atoms with van der Waals surface area (Å²) in [6.07, 6.45) is 0. The molecular formula is C15H22ClFN2O2S. The van der Waals surface area contributed by atoms with E-state index in [0.717, 1.165) is 0 Å². The van der Waals surface area contributed by atoms with Gasteiger partial charge >= 0.3 is 6.03 Å². The first-order valence-corrected chi connectivity index (χ1v) is 8.68. The molecule has 1 aromatic carbocycles. The third-order valence-corrected chi connectivity index (χ3v) is 5.28. The van der Waals surface area contributed by atoms with Crippen LogP contribution in [0.4, 0.5) is 9.18 Å². The molecule has 124 valence electrons. The Morgan fingerprint density at radius 1 is 1.41 bits per heavy atom. The minimum Gasteiger partial charge on any atom is -0.337 e. The topological polar surface area (TPSA) is 58.2 Å². The lowest BCUT2D eigenvalue weighted by Crippen LogP contribution is -2.40. The van der Waals surface area contributed by atoms with Crippen molar-refractivity contribution in [3.63, 3.8) is 0 Å². The van der Waals surface area contributed by atoms with Gasteiger partial charge in [-0.25, -0.2) is 9.18 Å². The normalized spacial score (nSPS) is 14.3. The van der Waals surface area contributed by atoms with Gasteiger partial charge in [-0.15, -0.1) is 0 Å². The zero-order valence-corrected chi connectivity index (χ0v) is 14.8. The van der Waals surface area contributed by atoms with Gasteiger partial charge in [-0.1, -0.05) is 17.7 Å². The van der Waals surface area contributed by atoms with Gasteiger partial charge in [0.05, 0.1) is 11.1 Å². The Labute approximate surface area is 138 Å². The van der Waals surface area contributed by atoms with Gasteiger partial charge in [-0.3, -0.25) is 4.21 Å². The second-order valence-electron chi connectivity index (χ2n) is 5.96. The van der Waals surface area contributed by atoms with E-state index >= 15 is 0 Å². The summed E-state index contributed by atoms with van der Waals surface area (Å²) in [5, 5.41) is 5.41. The Morgan fingerprint density at radius 3 is 2.59 bits per heavy atom. The van der Waals surface area contributed by atoms with Crippen molar-refractivity contribution in [3.05, 3.63) is 34.6 Å². The second kappa shape index (κ2) is 7.92. The lowest BCUT2D eigenvalue weighted by molar-refractivity contribution is 0.238. The molecule has 0 aliphatic heterocycles. The average Bonchev–Trinajstić information content (AvgIpc) is 2.40. The molecule has 0 unspecified atom stereocenters. The minimum atomic E-state index is -1.01. The number of rotatable bonds is 5. The number of urea groups is 1. The van der Waals surface area contributed by atoms with Crippen LogP contribution in [0, 0.1) is 5.82 Å². The van der Waals surface area contributed by atoms with Gasteiger partial charge in [0.2, 0.25) is 0 Å². The van der Waals surface area contributed by atoms with E-state index in [9.17, 15) is 13.4 Å². The van der Waals surface area contributed by atoms with Crippen molar-refractivity contribution in [2.45, 2.75) is 38.5 Å². The van der Waals surface area contributed by atoms with Crippen LogP contribution in [-0.4, -0.2) is 27.3 Å². The van der Waals surface area contributed by atoms with Crippen molar-refractivity contribution in [3.8, 4) is 0 Å². The Bertz CT molecular complexity index is 561. The Hall–Kier alpha value is -1.14. The van der Waals surface area contributed by atoms with Crippen LogP contribution in [0.15, 0.2) is 18.2 Å². The highest BCUT2D eigenvalue weighted by Gasteiger charge is 2.19. The third-order valence-electron chi connectivity index (χ3n) is 3.05. The fraction of sp³-hybridized carbons (Fsp3) is 0.533. The number of benzene rings is 1. The molecule has 0 bridgehead atoms. The molecule has 0 radical (unpaired) electrons. The number of halogens is 2. The van der Waals surface area contributed by atoms with Crippen molar-refractivity contribution < 1.29 is 13.4 Å². The molecule has 2 N–H and O–H groups in total. The third kappa shape index (κ3) is 5.93. The number of nitrogens with one attached hydrogen (secondary N) is 2. The molecule has 22 heavy (non-hydrogen) atoms. The quantitative estimate of drug-likeness (QED) is 0.857. The van der Waals surface area contributed by atoms with E-state index in [4.69, 9.17) is 11.6 Å². The molecule has 1 rings (SSSR count). The molecule has 0 aliphatic carbocycles. The van der Waals surface area contributed by atoms with Gasteiger partial charge in [0.25, 0.3) is 0 Å². The molecule has 7 heteroatoms. The maximum Gasteiger partial charge on any atom is 0.315 e. The zero-order valence-electron chi connectivity index (χ0n) is 13.2. The van der Waals surface area contributed by atoms with Crippen LogP contribution >= 0.6 is 11.6 Å². The smallest absolute Gasteiger partial charge is 0.315 e. The molecule has 0 heterocycles. The van der Waals surface area contributed by atoms with Crippen LogP contribution < -0.4 is 10.6 Å². The molecule has 0 saturated heterocycles.